The quantitative estimate of drug-likeness (QED) is 0.322. The second-order valence-corrected chi connectivity index (χ2v) is 5.85. The Morgan fingerprint density at radius 2 is 1.80 bits per heavy atom. The predicted octanol–water partition coefficient (Wildman–Crippen LogP) is 2.24. The summed E-state index contributed by atoms with van der Waals surface area (Å²) < 4.78 is 5.77. The van der Waals surface area contributed by atoms with Crippen molar-refractivity contribution in [3.8, 4) is 5.88 Å². The van der Waals surface area contributed by atoms with Gasteiger partial charge in [-0.05, 0) is 19.3 Å². The Bertz CT molecular complexity index is 514. The summed E-state index contributed by atoms with van der Waals surface area (Å²) in [4.78, 5) is 10.8. The zero-order valence-corrected chi connectivity index (χ0v) is 16.1. The number of nitrogen functional groups attached to an aromatic ring is 1. The van der Waals surface area contributed by atoms with Crippen LogP contribution in [0.5, 0.6) is 5.88 Å². The molecule has 0 bridgehead atoms. The van der Waals surface area contributed by atoms with Gasteiger partial charge in [-0.15, -0.1) is 0 Å². The van der Waals surface area contributed by atoms with Gasteiger partial charge in [-0.25, -0.2) is 0 Å². The van der Waals surface area contributed by atoms with Gasteiger partial charge in [0.15, 0.2) is 5.96 Å². The molecule has 0 amide bonds. The first-order valence-corrected chi connectivity index (χ1v) is 9.24. The minimum Gasteiger partial charge on any atom is -0.476 e. The lowest BCUT2D eigenvalue weighted by Gasteiger charge is -2.24. The fourth-order valence-electron chi connectivity index (χ4n) is 2.47. The van der Waals surface area contributed by atoms with Crippen LogP contribution in [0, 0.1) is 0 Å². The highest BCUT2D eigenvalue weighted by molar-refractivity contribution is 5.79. The summed E-state index contributed by atoms with van der Waals surface area (Å²) in [7, 11) is 1.76. The van der Waals surface area contributed by atoms with Crippen molar-refractivity contribution in [1.29, 1.82) is 0 Å². The first kappa shape index (κ1) is 20.9. The molecule has 1 heterocycles. The zero-order valence-electron chi connectivity index (χ0n) is 16.1. The lowest BCUT2D eigenvalue weighted by Crippen LogP contribution is -2.39. The maximum absolute atomic E-state index is 5.96. The van der Waals surface area contributed by atoms with Gasteiger partial charge in [0, 0.05) is 44.5 Å². The summed E-state index contributed by atoms with van der Waals surface area (Å²) in [6, 6.07) is 3.87. The number of anilines is 2. The average Bonchev–Trinajstić information content (AvgIpc) is 2.60. The summed E-state index contributed by atoms with van der Waals surface area (Å²) in [6.45, 7) is 10.5. The molecular weight excluding hydrogens is 316 g/mol. The number of nitrogens with one attached hydrogen (secondary N) is 2. The number of aromatic nitrogens is 1. The van der Waals surface area contributed by atoms with E-state index in [0.717, 1.165) is 50.5 Å². The number of aliphatic imine (C=N–C) groups is 1. The van der Waals surface area contributed by atoms with Crippen molar-refractivity contribution in [3.05, 3.63) is 12.1 Å². The molecule has 0 aliphatic rings. The molecule has 0 saturated carbocycles. The van der Waals surface area contributed by atoms with Crippen LogP contribution in [0.25, 0.3) is 0 Å². The van der Waals surface area contributed by atoms with E-state index >= 15 is 0 Å². The van der Waals surface area contributed by atoms with Gasteiger partial charge in [0.1, 0.15) is 12.4 Å². The number of ether oxygens (including phenoxy) is 1. The average molecular weight is 351 g/mol. The van der Waals surface area contributed by atoms with Crippen LogP contribution in [0.2, 0.25) is 0 Å². The molecule has 0 spiro atoms. The fraction of sp³-hybridized carbons (Fsp3) is 0.667. The summed E-state index contributed by atoms with van der Waals surface area (Å²) >= 11 is 0. The number of nitrogens with two attached hydrogens (primary N) is 1. The molecule has 0 aliphatic heterocycles. The SMILES string of the molecule is CCCNC(=NC)NCCOc1cc(N(CCC)CCC)cc(N)n1. The van der Waals surface area contributed by atoms with E-state index in [0.29, 0.717) is 24.8 Å². The van der Waals surface area contributed by atoms with E-state index in [1.165, 1.54) is 0 Å². The van der Waals surface area contributed by atoms with Gasteiger partial charge in [-0.3, -0.25) is 4.99 Å². The molecule has 7 nitrogen and oxygen atoms in total. The van der Waals surface area contributed by atoms with Crippen molar-refractivity contribution in [2.45, 2.75) is 40.0 Å². The normalized spacial score (nSPS) is 11.3. The van der Waals surface area contributed by atoms with E-state index in [9.17, 15) is 0 Å². The molecule has 0 aromatic carbocycles. The van der Waals surface area contributed by atoms with Crippen LogP contribution in [0.4, 0.5) is 11.5 Å². The zero-order chi connectivity index (χ0) is 18.5. The van der Waals surface area contributed by atoms with Gasteiger partial charge in [-0.1, -0.05) is 20.8 Å². The minimum absolute atomic E-state index is 0.484. The van der Waals surface area contributed by atoms with Crippen molar-refractivity contribution >= 4 is 17.5 Å². The molecule has 0 fully saturated rings. The highest BCUT2D eigenvalue weighted by atomic mass is 16.5. The summed E-state index contributed by atoms with van der Waals surface area (Å²) in [5.74, 6) is 1.83. The third kappa shape index (κ3) is 7.96. The van der Waals surface area contributed by atoms with Crippen LogP contribution >= 0.6 is 0 Å². The fourth-order valence-corrected chi connectivity index (χ4v) is 2.47. The number of nitrogens with zero attached hydrogens (tertiary/aromatic N) is 3. The maximum atomic E-state index is 5.96. The number of pyridine rings is 1. The van der Waals surface area contributed by atoms with Crippen LogP contribution in [0.15, 0.2) is 17.1 Å². The largest absolute Gasteiger partial charge is 0.476 e. The third-order valence-electron chi connectivity index (χ3n) is 3.57. The summed E-state index contributed by atoms with van der Waals surface area (Å²) in [5.41, 5.74) is 7.02. The summed E-state index contributed by atoms with van der Waals surface area (Å²) in [5, 5.41) is 6.43. The van der Waals surface area contributed by atoms with E-state index in [-0.39, 0.29) is 0 Å². The van der Waals surface area contributed by atoms with Crippen molar-refractivity contribution in [2.24, 2.45) is 4.99 Å². The van der Waals surface area contributed by atoms with Crippen molar-refractivity contribution < 1.29 is 4.74 Å². The topological polar surface area (TPSA) is 87.8 Å². The Morgan fingerprint density at radius 1 is 1.12 bits per heavy atom. The van der Waals surface area contributed by atoms with Crippen LogP contribution in [0.3, 0.4) is 0 Å². The molecule has 0 unspecified atom stereocenters. The van der Waals surface area contributed by atoms with E-state index in [2.05, 4.69) is 46.3 Å². The molecule has 0 atom stereocenters. The first-order valence-electron chi connectivity index (χ1n) is 9.24. The second-order valence-electron chi connectivity index (χ2n) is 5.85. The molecule has 0 radical (unpaired) electrons. The van der Waals surface area contributed by atoms with Crippen LogP contribution in [-0.4, -0.2) is 50.8 Å². The van der Waals surface area contributed by atoms with Gasteiger partial charge in [0.05, 0.1) is 6.54 Å². The molecule has 0 saturated heterocycles. The van der Waals surface area contributed by atoms with Crippen molar-refractivity contribution in [2.75, 3.05) is 50.5 Å². The Labute approximate surface area is 152 Å². The molecule has 0 aliphatic carbocycles. The monoisotopic (exact) mass is 350 g/mol. The summed E-state index contributed by atoms with van der Waals surface area (Å²) in [6.07, 6.45) is 3.23. The van der Waals surface area contributed by atoms with Crippen molar-refractivity contribution in [3.63, 3.8) is 0 Å². The van der Waals surface area contributed by atoms with Gasteiger partial charge < -0.3 is 26.0 Å². The van der Waals surface area contributed by atoms with Crippen LogP contribution in [-0.2, 0) is 0 Å². The smallest absolute Gasteiger partial charge is 0.217 e. The van der Waals surface area contributed by atoms with Gasteiger partial charge in [0.25, 0.3) is 0 Å². The predicted molar refractivity (Wildman–Crippen MR) is 107 cm³/mol. The third-order valence-corrected chi connectivity index (χ3v) is 3.57. The molecule has 25 heavy (non-hydrogen) atoms. The number of rotatable bonds is 11. The van der Waals surface area contributed by atoms with E-state index in [1.54, 1.807) is 7.05 Å². The number of hydrogen-bond acceptors (Lipinski definition) is 5. The molecule has 142 valence electrons. The molecule has 7 heteroatoms. The van der Waals surface area contributed by atoms with Gasteiger partial charge in [0.2, 0.25) is 5.88 Å². The molecule has 1 aromatic rings. The lowest BCUT2D eigenvalue weighted by molar-refractivity contribution is 0.310. The second kappa shape index (κ2) is 12.2. The van der Waals surface area contributed by atoms with E-state index in [4.69, 9.17) is 10.5 Å². The Balaban J connectivity index is 2.58. The Kier molecular flexibility index (Phi) is 10.2. The number of guanidine groups is 1. The first-order chi connectivity index (χ1) is 12.1. The Hall–Kier alpha value is -2.18. The highest BCUT2D eigenvalue weighted by Gasteiger charge is 2.09. The highest BCUT2D eigenvalue weighted by Crippen LogP contribution is 2.23. The van der Waals surface area contributed by atoms with E-state index in [1.807, 2.05) is 12.1 Å². The molecular formula is C18H34N6O. The standard InChI is InChI=1S/C18H34N6O/c1-5-8-21-18(20-4)22-9-12-25-17-14-15(13-16(19)23-17)24(10-6-2)11-7-3/h13-14H,5-12H2,1-4H3,(H2,19,23)(H2,20,21,22). The van der Waals surface area contributed by atoms with Gasteiger partial charge >= 0.3 is 0 Å². The van der Waals surface area contributed by atoms with Crippen molar-refractivity contribution in [1.82, 2.24) is 15.6 Å². The molecule has 4 N–H and O–H groups in total. The molecule has 1 aromatic heterocycles. The molecule has 1 rings (SSSR count). The lowest BCUT2D eigenvalue weighted by atomic mass is 10.3. The van der Waals surface area contributed by atoms with E-state index < -0.39 is 0 Å². The Morgan fingerprint density at radius 3 is 2.40 bits per heavy atom. The van der Waals surface area contributed by atoms with Crippen LogP contribution < -0.4 is 26.0 Å². The number of hydrogen-bond donors (Lipinski definition) is 3. The maximum Gasteiger partial charge on any atom is 0.217 e. The van der Waals surface area contributed by atoms with Crippen LogP contribution in [0.1, 0.15) is 40.0 Å². The minimum atomic E-state index is 0.484. The van der Waals surface area contributed by atoms with Gasteiger partial charge in [-0.2, -0.15) is 4.98 Å².